The van der Waals surface area contributed by atoms with Gasteiger partial charge in [-0.05, 0) is 39.5 Å². The van der Waals surface area contributed by atoms with Crippen molar-refractivity contribution in [1.82, 2.24) is 9.78 Å². The third-order valence-corrected chi connectivity index (χ3v) is 4.86. The number of nitrogens with zero attached hydrogens (tertiary/aromatic N) is 2. The number of Topliss-reactive ketones (excluding diaryl/α,β-unsaturated/α-hetero) is 1. The van der Waals surface area contributed by atoms with Crippen molar-refractivity contribution in [2.24, 2.45) is 5.41 Å². The van der Waals surface area contributed by atoms with Gasteiger partial charge in [0.05, 0.1) is 18.8 Å². The Labute approximate surface area is 129 Å². The highest BCUT2D eigenvalue weighted by Gasteiger charge is 2.36. The quantitative estimate of drug-likeness (QED) is 0.799. The Balaban J connectivity index is 2.11. The summed E-state index contributed by atoms with van der Waals surface area (Å²) in [6.07, 6.45) is 4.76. The van der Waals surface area contributed by atoms with Gasteiger partial charge in [0, 0.05) is 5.41 Å². The number of aromatic nitrogens is 2. The summed E-state index contributed by atoms with van der Waals surface area (Å²) in [7, 11) is 0. The van der Waals surface area contributed by atoms with E-state index in [-0.39, 0.29) is 17.2 Å². The van der Waals surface area contributed by atoms with Crippen molar-refractivity contribution in [2.75, 3.05) is 6.61 Å². The molecule has 2 rings (SSSR count). The van der Waals surface area contributed by atoms with Gasteiger partial charge in [0.15, 0.2) is 0 Å². The normalized spacial score (nSPS) is 25.6. The molecule has 0 bridgehead atoms. The van der Waals surface area contributed by atoms with Gasteiger partial charge in [-0.15, -0.1) is 0 Å². The van der Waals surface area contributed by atoms with Crippen LogP contribution in [-0.2, 0) is 9.53 Å². The lowest BCUT2D eigenvalue weighted by Crippen LogP contribution is -2.32. The minimum Gasteiger partial charge on any atom is -0.462 e. The van der Waals surface area contributed by atoms with Crippen LogP contribution in [0.15, 0.2) is 6.20 Å². The second kappa shape index (κ2) is 6.18. The van der Waals surface area contributed by atoms with Crippen LogP contribution < -0.4 is 0 Å². The Bertz CT molecular complexity index is 545. The van der Waals surface area contributed by atoms with Crippen molar-refractivity contribution < 1.29 is 14.3 Å². The number of hydrogen-bond donors (Lipinski definition) is 0. The fourth-order valence-electron chi connectivity index (χ4n) is 2.78. The summed E-state index contributed by atoms with van der Waals surface area (Å²) in [6, 6.07) is 0.133. The summed E-state index contributed by atoms with van der Waals surface area (Å²) < 4.78 is 6.64. The molecule has 0 amide bonds. The molecule has 6 heteroatoms. The molecule has 0 spiro atoms. The van der Waals surface area contributed by atoms with Crippen molar-refractivity contribution in [3.05, 3.63) is 16.9 Å². The summed E-state index contributed by atoms with van der Waals surface area (Å²) in [5.41, 5.74) is 0.0681. The molecular formula is C15H21ClN2O3. The highest BCUT2D eigenvalue weighted by molar-refractivity contribution is 6.32. The molecule has 0 unspecified atom stereocenters. The SMILES string of the molecule is CCOC(=O)c1cnn(C2CCC(C)(C(C)=O)CC2)c1Cl. The van der Waals surface area contributed by atoms with E-state index in [9.17, 15) is 9.59 Å². The third kappa shape index (κ3) is 3.12. The van der Waals surface area contributed by atoms with Gasteiger partial charge in [-0.3, -0.25) is 9.48 Å². The Kier molecular flexibility index (Phi) is 4.71. The van der Waals surface area contributed by atoms with E-state index in [4.69, 9.17) is 16.3 Å². The first kappa shape index (κ1) is 16.0. The molecule has 1 aromatic heterocycles. The van der Waals surface area contributed by atoms with Gasteiger partial charge >= 0.3 is 5.97 Å². The lowest BCUT2D eigenvalue weighted by atomic mass is 9.71. The van der Waals surface area contributed by atoms with E-state index >= 15 is 0 Å². The number of ether oxygens (including phenoxy) is 1. The van der Waals surface area contributed by atoms with E-state index in [0.29, 0.717) is 17.3 Å². The molecule has 0 saturated heterocycles. The monoisotopic (exact) mass is 312 g/mol. The average Bonchev–Trinajstić information content (AvgIpc) is 2.82. The van der Waals surface area contributed by atoms with Crippen LogP contribution in [-0.4, -0.2) is 28.1 Å². The number of hydrogen-bond acceptors (Lipinski definition) is 4. The summed E-state index contributed by atoms with van der Waals surface area (Å²) in [5, 5.41) is 4.56. The van der Waals surface area contributed by atoms with Crippen molar-refractivity contribution >= 4 is 23.4 Å². The molecule has 116 valence electrons. The Morgan fingerprint density at radius 2 is 2.10 bits per heavy atom. The predicted molar refractivity (Wildman–Crippen MR) is 79.5 cm³/mol. The zero-order valence-corrected chi connectivity index (χ0v) is 13.4. The zero-order valence-electron chi connectivity index (χ0n) is 12.7. The largest absolute Gasteiger partial charge is 0.462 e. The fourth-order valence-corrected chi connectivity index (χ4v) is 3.09. The van der Waals surface area contributed by atoms with Crippen LogP contribution in [0.2, 0.25) is 5.15 Å². The van der Waals surface area contributed by atoms with Gasteiger partial charge < -0.3 is 4.74 Å². The van der Waals surface area contributed by atoms with Crippen LogP contribution in [0, 0.1) is 5.41 Å². The van der Waals surface area contributed by atoms with Crippen molar-refractivity contribution in [1.29, 1.82) is 0 Å². The van der Waals surface area contributed by atoms with Crippen molar-refractivity contribution in [3.8, 4) is 0 Å². The first-order valence-corrected chi connectivity index (χ1v) is 7.68. The van der Waals surface area contributed by atoms with Crippen LogP contribution in [0.1, 0.15) is 62.9 Å². The topological polar surface area (TPSA) is 61.2 Å². The Morgan fingerprint density at radius 3 is 2.62 bits per heavy atom. The summed E-state index contributed by atoms with van der Waals surface area (Å²) in [4.78, 5) is 23.4. The number of carbonyl (C=O) groups is 2. The highest BCUT2D eigenvalue weighted by Crippen LogP contribution is 2.42. The average molecular weight is 313 g/mol. The van der Waals surface area contributed by atoms with Crippen LogP contribution in [0.3, 0.4) is 0 Å². The maximum Gasteiger partial charge on any atom is 0.342 e. The van der Waals surface area contributed by atoms with E-state index in [1.807, 2.05) is 6.92 Å². The maximum atomic E-state index is 11.7. The number of carbonyl (C=O) groups excluding carboxylic acids is 2. The van der Waals surface area contributed by atoms with Gasteiger partial charge in [0.1, 0.15) is 16.5 Å². The van der Waals surface area contributed by atoms with Gasteiger partial charge in [-0.1, -0.05) is 18.5 Å². The second-order valence-electron chi connectivity index (χ2n) is 5.86. The van der Waals surface area contributed by atoms with Gasteiger partial charge in [0.2, 0.25) is 0 Å². The Morgan fingerprint density at radius 1 is 1.48 bits per heavy atom. The molecule has 1 aliphatic carbocycles. The number of ketones is 1. The van der Waals surface area contributed by atoms with Gasteiger partial charge in [-0.2, -0.15) is 5.10 Å². The molecule has 1 saturated carbocycles. The molecule has 1 fully saturated rings. The van der Waals surface area contributed by atoms with Gasteiger partial charge in [-0.25, -0.2) is 4.79 Å². The minimum absolute atomic E-state index is 0.133. The molecule has 0 aliphatic heterocycles. The smallest absolute Gasteiger partial charge is 0.342 e. The van der Waals surface area contributed by atoms with Crippen molar-refractivity contribution in [3.63, 3.8) is 0 Å². The van der Waals surface area contributed by atoms with E-state index in [1.54, 1.807) is 18.5 Å². The van der Waals surface area contributed by atoms with Crippen LogP contribution in [0.5, 0.6) is 0 Å². The molecule has 0 aromatic carbocycles. The minimum atomic E-state index is -0.446. The molecule has 0 atom stereocenters. The molecule has 1 aliphatic rings. The molecule has 1 aromatic rings. The molecule has 21 heavy (non-hydrogen) atoms. The molecule has 5 nitrogen and oxygen atoms in total. The van der Waals surface area contributed by atoms with E-state index < -0.39 is 5.97 Å². The summed E-state index contributed by atoms with van der Waals surface area (Å²) >= 11 is 6.25. The standard InChI is InChI=1S/C15H21ClN2O3/c1-4-21-14(20)12-9-17-18(13(12)16)11-5-7-15(3,8-6-11)10(2)19/h9,11H,4-8H2,1-3H3. The lowest BCUT2D eigenvalue weighted by Gasteiger charge is -2.35. The summed E-state index contributed by atoms with van der Waals surface area (Å²) in [6.45, 7) is 5.72. The molecule has 0 radical (unpaired) electrons. The second-order valence-corrected chi connectivity index (χ2v) is 6.22. The van der Waals surface area contributed by atoms with Crippen LogP contribution in [0.4, 0.5) is 0 Å². The van der Waals surface area contributed by atoms with Crippen LogP contribution >= 0.6 is 11.6 Å². The predicted octanol–water partition coefficient (Wildman–Crippen LogP) is 3.42. The van der Waals surface area contributed by atoms with E-state index in [1.165, 1.54) is 6.20 Å². The van der Waals surface area contributed by atoms with Gasteiger partial charge in [0.25, 0.3) is 0 Å². The fraction of sp³-hybridized carbons (Fsp3) is 0.667. The number of rotatable bonds is 4. The maximum absolute atomic E-state index is 11.7. The molecule has 0 N–H and O–H groups in total. The molecule has 1 heterocycles. The number of halogens is 1. The van der Waals surface area contributed by atoms with E-state index in [2.05, 4.69) is 5.10 Å². The van der Waals surface area contributed by atoms with Crippen molar-refractivity contribution in [2.45, 2.75) is 52.5 Å². The molecular weight excluding hydrogens is 292 g/mol. The third-order valence-electron chi connectivity index (χ3n) is 4.48. The first-order valence-electron chi connectivity index (χ1n) is 7.30. The first-order chi connectivity index (χ1) is 9.89. The lowest BCUT2D eigenvalue weighted by molar-refractivity contribution is -0.127. The highest BCUT2D eigenvalue weighted by atomic mass is 35.5. The van der Waals surface area contributed by atoms with E-state index in [0.717, 1.165) is 25.7 Å². The van der Waals surface area contributed by atoms with Crippen LogP contribution in [0.25, 0.3) is 0 Å². The summed E-state index contributed by atoms with van der Waals surface area (Å²) in [5.74, 6) is -0.210. The zero-order chi connectivity index (χ0) is 15.6. The number of esters is 1. The Hall–Kier alpha value is -1.36.